The lowest BCUT2D eigenvalue weighted by molar-refractivity contribution is -0.385. The minimum atomic E-state index is -2.54. The van der Waals surface area contributed by atoms with Crippen molar-refractivity contribution in [2.75, 3.05) is 7.11 Å². The molecule has 2 rings (SSSR count). The van der Waals surface area contributed by atoms with Gasteiger partial charge >= 0.3 is 5.69 Å². The van der Waals surface area contributed by atoms with E-state index in [0.29, 0.717) is 28.0 Å². The van der Waals surface area contributed by atoms with E-state index in [1.807, 2.05) is 0 Å². The number of nitro groups is 1. The van der Waals surface area contributed by atoms with Crippen LogP contribution in [0.1, 0.15) is 5.56 Å². The van der Waals surface area contributed by atoms with Gasteiger partial charge in [0.2, 0.25) is 0 Å². The number of nitro benzene ring substituents is 1. The highest BCUT2D eigenvalue weighted by molar-refractivity contribution is 7.99. The molecule has 0 saturated carbocycles. The van der Waals surface area contributed by atoms with Crippen molar-refractivity contribution in [3.63, 3.8) is 0 Å². The second-order valence-corrected chi connectivity index (χ2v) is 5.41. The number of thioether (sulfide) groups is 1. The number of rotatable bonds is 7. The lowest BCUT2D eigenvalue weighted by Gasteiger charge is -2.11. The fourth-order valence-corrected chi connectivity index (χ4v) is 2.48. The molecule has 0 atom stereocenters. The molecular weight excluding hydrogens is 328 g/mol. The number of nitrogens with zero attached hydrogens (tertiary/aromatic N) is 1. The van der Waals surface area contributed by atoms with Crippen LogP contribution in [0.2, 0.25) is 0 Å². The normalized spacial score (nSPS) is 10.6. The van der Waals surface area contributed by atoms with E-state index >= 15 is 0 Å². The average Bonchev–Trinajstić information content (AvgIpc) is 2.53. The molecule has 0 aliphatic carbocycles. The van der Waals surface area contributed by atoms with Crippen LogP contribution in [0.5, 0.6) is 11.5 Å². The summed E-state index contributed by atoms with van der Waals surface area (Å²) in [5.74, 6) is -2.10. The summed E-state index contributed by atoms with van der Waals surface area (Å²) in [5, 5.41) is 10.9. The van der Waals surface area contributed by atoms with Gasteiger partial charge in [0.25, 0.3) is 5.76 Å². The SMILES string of the molecule is COc1cc(COc2ccccc2[N+](=O)[O-])ccc1SC(F)F. The van der Waals surface area contributed by atoms with E-state index in [1.54, 1.807) is 24.3 Å². The zero-order valence-electron chi connectivity index (χ0n) is 12.1. The van der Waals surface area contributed by atoms with E-state index in [0.717, 1.165) is 0 Å². The molecule has 0 saturated heterocycles. The molecule has 0 spiro atoms. The van der Waals surface area contributed by atoms with Crippen molar-refractivity contribution in [2.24, 2.45) is 0 Å². The van der Waals surface area contributed by atoms with Crippen LogP contribution in [0.25, 0.3) is 0 Å². The number of benzene rings is 2. The third kappa shape index (κ3) is 4.56. The summed E-state index contributed by atoms with van der Waals surface area (Å²) in [7, 11) is 1.39. The molecule has 0 aromatic heterocycles. The van der Waals surface area contributed by atoms with E-state index in [2.05, 4.69) is 0 Å². The van der Waals surface area contributed by atoms with Crippen molar-refractivity contribution in [1.82, 2.24) is 0 Å². The van der Waals surface area contributed by atoms with Gasteiger partial charge in [0.1, 0.15) is 12.4 Å². The Morgan fingerprint density at radius 3 is 2.61 bits per heavy atom. The number of halogens is 2. The predicted octanol–water partition coefficient (Wildman–Crippen LogP) is 4.50. The summed E-state index contributed by atoms with van der Waals surface area (Å²) in [4.78, 5) is 10.7. The maximum absolute atomic E-state index is 12.4. The number of hydrogen-bond donors (Lipinski definition) is 0. The van der Waals surface area contributed by atoms with Gasteiger partial charge in [-0.25, -0.2) is 0 Å². The molecule has 0 fully saturated rings. The molecule has 0 N–H and O–H groups in total. The van der Waals surface area contributed by atoms with Crippen molar-refractivity contribution in [3.8, 4) is 11.5 Å². The van der Waals surface area contributed by atoms with Crippen molar-refractivity contribution < 1.29 is 23.2 Å². The van der Waals surface area contributed by atoms with Gasteiger partial charge in [-0.15, -0.1) is 0 Å². The Bertz CT molecular complexity index is 697. The maximum Gasteiger partial charge on any atom is 0.310 e. The van der Waals surface area contributed by atoms with E-state index < -0.39 is 10.7 Å². The first-order valence-corrected chi connectivity index (χ1v) is 7.37. The van der Waals surface area contributed by atoms with Crippen LogP contribution in [-0.4, -0.2) is 17.8 Å². The van der Waals surface area contributed by atoms with Crippen LogP contribution in [0.4, 0.5) is 14.5 Å². The number of hydrogen-bond acceptors (Lipinski definition) is 5. The topological polar surface area (TPSA) is 61.6 Å². The Morgan fingerprint density at radius 1 is 1.22 bits per heavy atom. The second kappa shape index (κ2) is 7.77. The first kappa shape index (κ1) is 17.0. The summed E-state index contributed by atoms with van der Waals surface area (Å²) in [6.07, 6.45) is 0. The zero-order valence-corrected chi connectivity index (χ0v) is 12.9. The summed E-state index contributed by atoms with van der Waals surface area (Å²) >= 11 is 0.391. The first-order valence-electron chi connectivity index (χ1n) is 6.49. The molecule has 0 unspecified atom stereocenters. The Morgan fingerprint density at radius 2 is 1.96 bits per heavy atom. The number of ether oxygens (including phenoxy) is 2. The van der Waals surface area contributed by atoms with Crippen LogP contribution in [-0.2, 0) is 6.61 Å². The van der Waals surface area contributed by atoms with Gasteiger partial charge < -0.3 is 9.47 Å². The van der Waals surface area contributed by atoms with Crippen molar-refractivity contribution in [1.29, 1.82) is 0 Å². The first-order chi connectivity index (χ1) is 11.0. The van der Waals surface area contributed by atoms with Gasteiger partial charge in [-0.2, -0.15) is 8.78 Å². The van der Waals surface area contributed by atoms with E-state index in [-0.39, 0.29) is 18.0 Å². The minimum Gasteiger partial charge on any atom is -0.496 e. The molecule has 2 aromatic carbocycles. The molecule has 8 heteroatoms. The molecule has 2 aromatic rings. The van der Waals surface area contributed by atoms with Gasteiger partial charge in [-0.3, -0.25) is 10.1 Å². The Hall–Kier alpha value is -2.35. The van der Waals surface area contributed by atoms with Crippen LogP contribution in [0.15, 0.2) is 47.4 Å². The molecule has 0 aliphatic rings. The van der Waals surface area contributed by atoms with E-state index in [4.69, 9.17) is 9.47 Å². The van der Waals surface area contributed by atoms with Gasteiger partial charge in [0, 0.05) is 6.07 Å². The van der Waals surface area contributed by atoms with Crippen molar-refractivity contribution in [2.45, 2.75) is 17.3 Å². The monoisotopic (exact) mass is 341 g/mol. The molecule has 0 radical (unpaired) electrons. The van der Waals surface area contributed by atoms with Crippen LogP contribution < -0.4 is 9.47 Å². The number of alkyl halides is 2. The lowest BCUT2D eigenvalue weighted by atomic mass is 10.2. The molecule has 23 heavy (non-hydrogen) atoms. The fraction of sp³-hybridized carbons (Fsp3) is 0.200. The Kier molecular flexibility index (Phi) is 5.75. The van der Waals surface area contributed by atoms with Crippen molar-refractivity contribution >= 4 is 17.4 Å². The van der Waals surface area contributed by atoms with Gasteiger partial charge in [-0.05, 0) is 23.8 Å². The molecule has 0 heterocycles. The van der Waals surface area contributed by atoms with Gasteiger partial charge in [0.05, 0.1) is 16.9 Å². The standard InChI is InChI=1S/C15H13F2NO4S/c1-21-13-8-10(6-7-14(13)23-15(16)17)9-22-12-5-3-2-4-11(12)18(19)20/h2-8,15H,9H2,1H3. The Balaban J connectivity index is 2.14. The molecule has 5 nitrogen and oxygen atoms in total. The summed E-state index contributed by atoms with van der Waals surface area (Å²) < 4.78 is 35.4. The Labute approximate surface area is 135 Å². The zero-order chi connectivity index (χ0) is 16.8. The molecule has 0 aliphatic heterocycles. The van der Waals surface area contributed by atoms with Gasteiger partial charge in [0.15, 0.2) is 5.75 Å². The molecular formula is C15H13F2NO4S. The predicted molar refractivity (Wildman–Crippen MR) is 82.3 cm³/mol. The number of para-hydroxylation sites is 2. The fourth-order valence-electron chi connectivity index (χ4n) is 1.89. The largest absolute Gasteiger partial charge is 0.496 e. The average molecular weight is 341 g/mol. The third-order valence-electron chi connectivity index (χ3n) is 2.90. The maximum atomic E-state index is 12.4. The summed E-state index contributed by atoms with van der Waals surface area (Å²) in [6, 6.07) is 10.7. The quantitative estimate of drug-likeness (QED) is 0.422. The van der Waals surface area contributed by atoms with Crippen molar-refractivity contribution in [3.05, 3.63) is 58.1 Å². The summed E-state index contributed by atoms with van der Waals surface area (Å²) in [6.45, 7) is 0.0564. The van der Waals surface area contributed by atoms with E-state index in [1.165, 1.54) is 25.3 Å². The highest BCUT2D eigenvalue weighted by Gasteiger charge is 2.15. The summed E-state index contributed by atoms with van der Waals surface area (Å²) in [5.41, 5.74) is 0.517. The number of methoxy groups -OCH3 is 1. The van der Waals surface area contributed by atoms with Crippen LogP contribution >= 0.6 is 11.8 Å². The molecule has 0 amide bonds. The smallest absolute Gasteiger partial charge is 0.310 e. The van der Waals surface area contributed by atoms with Crippen LogP contribution in [0, 0.1) is 10.1 Å². The van der Waals surface area contributed by atoms with E-state index in [9.17, 15) is 18.9 Å². The molecule has 0 bridgehead atoms. The highest BCUT2D eigenvalue weighted by Crippen LogP contribution is 2.34. The molecule has 122 valence electrons. The van der Waals surface area contributed by atoms with Crippen LogP contribution in [0.3, 0.4) is 0 Å². The lowest BCUT2D eigenvalue weighted by Crippen LogP contribution is -2.00. The highest BCUT2D eigenvalue weighted by atomic mass is 32.2. The second-order valence-electron chi connectivity index (χ2n) is 4.38. The van der Waals surface area contributed by atoms with Gasteiger partial charge in [-0.1, -0.05) is 30.0 Å². The third-order valence-corrected chi connectivity index (χ3v) is 3.67. The minimum absolute atomic E-state index is 0.0564.